The van der Waals surface area contributed by atoms with Crippen LogP contribution in [0.25, 0.3) is 0 Å². The van der Waals surface area contributed by atoms with Crippen LogP contribution in [0.5, 0.6) is 0 Å². The van der Waals surface area contributed by atoms with Gasteiger partial charge >= 0.3 is 0 Å². The van der Waals surface area contributed by atoms with E-state index in [1.165, 1.54) is 32.1 Å². The van der Waals surface area contributed by atoms with Crippen molar-refractivity contribution in [3.05, 3.63) is 0 Å². The standard InChI is InChI=1S/C14H25N3O.ClH/c18-13(16-9-12-1-2-12)10-17-8-5-14(11-17)3-6-15-7-4-14;/h12,15H,1-11H2,(H,16,18);1H. The molecule has 5 heteroatoms. The van der Waals surface area contributed by atoms with Crippen LogP contribution in [0.15, 0.2) is 0 Å². The Bertz CT molecular complexity index is 314. The third-order valence-corrected chi connectivity index (χ3v) is 4.83. The van der Waals surface area contributed by atoms with Gasteiger partial charge in [0.2, 0.25) is 5.91 Å². The summed E-state index contributed by atoms with van der Waals surface area (Å²) in [5.41, 5.74) is 0.516. The summed E-state index contributed by atoms with van der Waals surface area (Å²) in [4.78, 5) is 14.2. The minimum absolute atomic E-state index is 0. The normalized spacial score (nSPS) is 26.1. The molecule has 0 aromatic heterocycles. The molecule has 0 atom stereocenters. The first-order valence-corrected chi connectivity index (χ1v) is 7.46. The number of rotatable bonds is 4. The topological polar surface area (TPSA) is 44.4 Å². The van der Waals surface area contributed by atoms with Crippen molar-refractivity contribution in [2.45, 2.75) is 32.1 Å². The highest BCUT2D eigenvalue weighted by molar-refractivity contribution is 5.85. The van der Waals surface area contributed by atoms with Crippen LogP contribution >= 0.6 is 12.4 Å². The lowest BCUT2D eigenvalue weighted by molar-refractivity contribution is -0.122. The zero-order valence-electron chi connectivity index (χ0n) is 11.6. The molecule has 3 aliphatic rings. The minimum Gasteiger partial charge on any atom is -0.355 e. The van der Waals surface area contributed by atoms with Gasteiger partial charge in [-0.3, -0.25) is 9.69 Å². The lowest BCUT2D eigenvalue weighted by Crippen LogP contribution is -2.41. The van der Waals surface area contributed by atoms with Crippen LogP contribution in [-0.4, -0.2) is 50.1 Å². The van der Waals surface area contributed by atoms with Crippen molar-refractivity contribution in [2.24, 2.45) is 11.3 Å². The van der Waals surface area contributed by atoms with Gasteiger partial charge in [-0.05, 0) is 63.1 Å². The highest BCUT2D eigenvalue weighted by Crippen LogP contribution is 2.38. The van der Waals surface area contributed by atoms with Crippen molar-refractivity contribution in [1.29, 1.82) is 0 Å². The Balaban J connectivity index is 0.00000133. The van der Waals surface area contributed by atoms with Gasteiger partial charge < -0.3 is 10.6 Å². The molecule has 110 valence electrons. The van der Waals surface area contributed by atoms with Crippen molar-refractivity contribution < 1.29 is 4.79 Å². The van der Waals surface area contributed by atoms with Gasteiger partial charge in [0, 0.05) is 13.1 Å². The molecule has 0 radical (unpaired) electrons. The largest absolute Gasteiger partial charge is 0.355 e. The summed E-state index contributed by atoms with van der Waals surface area (Å²) in [6, 6.07) is 0. The summed E-state index contributed by atoms with van der Waals surface area (Å²) in [5, 5.41) is 6.50. The number of carbonyl (C=O) groups excluding carboxylic acids is 1. The molecule has 3 rings (SSSR count). The quantitative estimate of drug-likeness (QED) is 0.811. The molecule has 2 saturated heterocycles. The van der Waals surface area contributed by atoms with Crippen LogP contribution in [0.4, 0.5) is 0 Å². The maximum Gasteiger partial charge on any atom is 0.234 e. The Labute approximate surface area is 122 Å². The van der Waals surface area contributed by atoms with Crippen LogP contribution in [0.1, 0.15) is 32.1 Å². The van der Waals surface area contributed by atoms with Gasteiger partial charge in [0.05, 0.1) is 6.54 Å². The van der Waals surface area contributed by atoms with E-state index in [9.17, 15) is 4.79 Å². The molecular weight excluding hydrogens is 262 g/mol. The Hall–Kier alpha value is -0.320. The molecule has 4 nitrogen and oxygen atoms in total. The first-order valence-electron chi connectivity index (χ1n) is 7.46. The van der Waals surface area contributed by atoms with Gasteiger partial charge in [0.1, 0.15) is 0 Å². The molecule has 0 unspecified atom stereocenters. The summed E-state index contributed by atoms with van der Waals surface area (Å²) in [7, 11) is 0. The fourth-order valence-corrected chi connectivity index (χ4v) is 3.37. The van der Waals surface area contributed by atoms with Crippen LogP contribution in [-0.2, 0) is 4.79 Å². The number of hydrogen-bond acceptors (Lipinski definition) is 3. The molecule has 3 fully saturated rings. The second-order valence-electron chi connectivity index (χ2n) is 6.46. The van der Waals surface area contributed by atoms with Gasteiger partial charge in [-0.25, -0.2) is 0 Å². The van der Waals surface area contributed by atoms with Crippen LogP contribution in [0, 0.1) is 11.3 Å². The summed E-state index contributed by atoms with van der Waals surface area (Å²) in [6.45, 7) is 6.06. The van der Waals surface area contributed by atoms with Crippen molar-refractivity contribution >= 4 is 18.3 Å². The Morgan fingerprint density at radius 3 is 2.68 bits per heavy atom. The third kappa shape index (κ3) is 4.07. The van der Waals surface area contributed by atoms with E-state index in [1.54, 1.807) is 0 Å². The highest BCUT2D eigenvalue weighted by atomic mass is 35.5. The van der Waals surface area contributed by atoms with Crippen LogP contribution in [0.3, 0.4) is 0 Å². The van der Waals surface area contributed by atoms with Crippen molar-refractivity contribution in [3.63, 3.8) is 0 Å². The van der Waals surface area contributed by atoms with Crippen LogP contribution < -0.4 is 10.6 Å². The average Bonchev–Trinajstić information content (AvgIpc) is 3.13. The van der Waals surface area contributed by atoms with E-state index >= 15 is 0 Å². The average molecular weight is 288 g/mol. The molecule has 2 N–H and O–H groups in total. The Morgan fingerprint density at radius 1 is 1.26 bits per heavy atom. The predicted molar refractivity (Wildman–Crippen MR) is 78.6 cm³/mol. The number of carbonyl (C=O) groups is 1. The summed E-state index contributed by atoms with van der Waals surface area (Å²) in [5.74, 6) is 1.01. The third-order valence-electron chi connectivity index (χ3n) is 4.83. The molecule has 0 bridgehead atoms. The fraction of sp³-hybridized carbons (Fsp3) is 0.929. The van der Waals surface area contributed by atoms with E-state index in [1.807, 2.05) is 0 Å². The molecule has 0 aromatic carbocycles. The lowest BCUT2D eigenvalue weighted by atomic mass is 9.78. The summed E-state index contributed by atoms with van der Waals surface area (Å²) in [6.07, 6.45) is 6.46. The molecule has 19 heavy (non-hydrogen) atoms. The van der Waals surface area contributed by atoms with Gasteiger partial charge in [0.15, 0.2) is 0 Å². The lowest BCUT2D eigenvalue weighted by Gasteiger charge is -2.33. The zero-order chi connectivity index (χ0) is 12.4. The van der Waals surface area contributed by atoms with E-state index in [4.69, 9.17) is 0 Å². The summed E-state index contributed by atoms with van der Waals surface area (Å²) < 4.78 is 0. The number of halogens is 1. The molecular formula is C14H26ClN3O. The molecule has 1 saturated carbocycles. The first-order chi connectivity index (χ1) is 8.76. The molecule has 1 aliphatic carbocycles. The number of amides is 1. The Kier molecular flexibility index (Phi) is 5.09. The van der Waals surface area contributed by atoms with Crippen molar-refractivity contribution in [3.8, 4) is 0 Å². The van der Waals surface area contributed by atoms with E-state index in [0.717, 1.165) is 38.6 Å². The Morgan fingerprint density at radius 2 is 2.00 bits per heavy atom. The molecule has 0 aromatic rings. The van der Waals surface area contributed by atoms with Gasteiger partial charge in [0.25, 0.3) is 0 Å². The van der Waals surface area contributed by atoms with Crippen molar-refractivity contribution in [1.82, 2.24) is 15.5 Å². The van der Waals surface area contributed by atoms with Crippen molar-refractivity contribution in [2.75, 3.05) is 39.3 Å². The smallest absolute Gasteiger partial charge is 0.234 e. The monoisotopic (exact) mass is 287 g/mol. The zero-order valence-corrected chi connectivity index (χ0v) is 12.4. The maximum atomic E-state index is 11.8. The molecule has 1 amide bonds. The SMILES string of the molecule is Cl.O=C(CN1CCC2(CCNCC2)C1)NCC1CC1. The molecule has 2 heterocycles. The van der Waals surface area contributed by atoms with E-state index in [2.05, 4.69) is 15.5 Å². The number of piperidine rings is 1. The fourth-order valence-electron chi connectivity index (χ4n) is 3.37. The van der Waals surface area contributed by atoms with E-state index in [-0.39, 0.29) is 18.3 Å². The van der Waals surface area contributed by atoms with E-state index in [0.29, 0.717) is 12.0 Å². The first kappa shape index (κ1) is 15.1. The number of likely N-dealkylation sites (tertiary alicyclic amines) is 1. The second-order valence-corrected chi connectivity index (χ2v) is 6.46. The van der Waals surface area contributed by atoms with Crippen LogP contribution in [0.2, 0.25) is 0 Å². The second kappa shape index (κ2) is 6.42. The van der Waals surface area contributed by atoms with E-state index < -0.39 is 0 Å². The number of nitrogens with zero attached hydrogens (tertiary/aromatic N) is 1. The highest BCUT2D eigenvalue weighted by Gasteiger charge is 2.39. The predicted octanol–water partition coefficient (Wildman–Crippen LogP) is 1.01. The maximum absolute atomic E-state index is 11.8. The molecule has 1 spiro atoms. The minimum atomic E-state index is 0. The molecule has 2 aliphatic heterocycles. The number of hydrogen-bond donors (Lipinski definition) is 2. The van der Waals surface area contributed by atoms with Gasteiger partial charge in [-0.1, -0.05) is 0 Å². The van der Waals surface area contributed by atoms with Gasteiger partial charge in [-0.2, -0.15) is 0 Å². The van der Waals surface area contributed by atoms with Gasteiger partial charge in [-0.15, -0.1) is 12.4 Å². The number of nitrogens with one attached hydrogen (secondary N) is 2. The summed E-state index contributed by atoms with van der Waals surface area (Å²) >= 11 is 0.